The molecule has 1 N–H and O–H groups in total. The molecule has 6 heteroatoms. The second-order valence-corrected chi connectivity index (χ2v) is 6.48. The number of nitrogens with one attached hydrogen (secondary N) is 1. The predicted octanol–water partition coefficient (Wildman–Crippen LogP) is 4.30. The molecule has 0 aliphatic heterocycles. The van der Waals surface area contributed by atoms with Crippen LogP contribution in [-0.4, -0.2) is 16.9 Å². The van der Waals surface area contributed by atoms with Crippen molar-refractivity contribution in [1.82, 2.24) is 5.32 Å². The summed E-state index contributed by atoms with van der Waals surface area (Å²) in [6, 6.07) is 4.45. The summed E-state index contributed by atoms with van der Waals surface area (Å²) < 4.78 is 0.369. The van der Waals surface area contributed by atoms with Crippen LogP contribution in [0.1, 0.15) is 50.4 Å². The van der Waals surface area contributed by atoms with Gasteiger partial charge in [-0.1, -0.05) is 26.7 Å². The maximum Gasteiger partial charge on any atom is 0.284 e. The van der Waals surface area contributed by atoms with E-state index in [9.17, 15) is 14.9 Å². The van der Waals surface area contributed by atoms with E-state index >= 15 is 0 Å². The lowest BCUT2D eigenvalue weighted by Crippen LogP contribution is -2.32. The van der Waals surface area contributed by atoms with Crippen molar-refractivity contribution < 1.29 is 9.72 Å². The topological polar surface area (TPSA) is 72.2 Å². The van der Waals surface area contributed by atoms with E-state index in [0.717, 1.165) is 19.3 Å². The van der Waals surface area contributed by atoms with E-state index in [1.165, 1.54) is 12.1 Å². The Hall–Kier alpha value is -1.43. The van der Waals surface area contributed by atoms with E-state index in [0.29, 0.717) is 16.0 Å². The molecule has 0 saturated heterocycles. The van der Waals surface area contributed by atoms with Gasteiger partial charge in [-0.3, -0.25) is 14.9 Å². The van der Waals surface area contributed by atoms with Gasteiger partial charge in [0.2, 0.25) is 0 Å². The Morgan fingerprint density at radius 3 is 2.57 bits per heavy atom. The third-order valence-corrected chi connectivity index (χ3v) is 3.87. The second kappa shape index (κ2) is 8.12. The molecule has 0 fully saturated rings. The molecule has 0 spiro atoms. The number of hydrogen-bond acceptors (Lipinski definition) is 3. The van der Waals surface area contributed by atoms with Crippen molar-refractivity contribution in [2.75, 3.05) is 0 Å². The minimum Gasteiger partial charge on any atom is -0.350 e. The molecule has 1 aromatic rings. The SMILES string of the molecule is CC(C)CCCC(C)NC(=O)c1ccc(Br)c([N+](=O)[O-])c1. The number of hydrogen-bond donors (Lipinski definition) is 1. The van der Waals surface area contributed by atoms with Gasteiger partial charge in [-0.2, -0.15) is 0 Å². The Morgan fingerprint density at radius 2 is 2.00 bits per heavy atom. The standard InChI is InChI=1S/C15H21BrN2O3/c1-10(2)5-4-6-11(3)17-15(19)12-7-8-13(16)14(9-12)18(20)21/h7-11H,4-6H2,1-3H3,(H,17,19). The van der Waals surface area contributed by atoms with Gasteiger partial charge in [0.05, 0.1) is 9.40 Å². The predicted molar refractivity (Wildman–Crippen MR) is 86.4 cm³/mol. The number of benzene rings is 1. The summed E-state index contributed by atoms with van der Waals surface area (Å²) in [5, 5.41) is 13.7. The van der Waals surface area contributed by atoms with E-state index in [1.807, 2.05) is 6.92 Å². The van der Waals surface area contributed by atoms with Crippen LogP contribution in [0.5, 0.6) is 0 Å². The maximum atomic E-state index is 12.1. The Labute approximate surface area is 133 Å². The first-order valence-corrected chi connectivity index (χ1v) is 7.85. The van der Waals surface area contributed by atoms with Crippen molar-refractivity contribution in [3.05, 3.63) is 38.3 Å². The summed E-state index contributed by atoms with van der Waals surface area (Å²) in [6.45, 7) is 6.29. The van der Waals surface area contributed by atoms with Gasteiger partial charge in [-0.15, -0.1) is 0 Å². The lowest BCUT2D eigenvalue weighted by molar-refractivity contribution is -0.385. The monoisotopic (exact) mass is 356 g/mol. The number of carbonyl (C=O) groups is 1. The normalized spacial score (nSPS) is 12.2. The van der Waals surface area contributed by atoms with Crippen LogP contribution < -0.4 is 5.32 Å². The van der Waals surface area contributed by atoms with Gasteiger partial charge < -0.3 is 5.32 Å². The number of nitro benzene ring substituents is 1. The van der Waals surface area contributed by atoms with Gasteiger partial charge in [-0.05, 0) is 47.3 Å². The van der Waals surface area contributed by atoms with Crippen molar-refractivity contribution in [3.8, 4) is 0 Å². The molecule has 1 amide bonds. The quantitative estimate of drug-likeness (QED) is 0.584. The molecule has 1 unspecified atom stereocenters. The molecule has 1 rings (SSSR count). The fourth-order valence-corrected chi connectivity index (χ4v) is 2.40. The molecule has 0 saturated carbocycles. The van der Waals surface area contributed by atoms with Crippen LogP contribution in [0.15, 0.2) is 22.7 Å². The lowest BCUT2D eigenvalue weighted by atomic mass is 10.0. The van der Waals surface area contributed by atoms with Gasteiger partial charge in [-0.25, -0.2) is 0 Å². The Morgan fingerprint density at radius 1 is 1.33 bits per heavy atom. The first-order chi connectivity index (χ1) is 9.81. The summed E-state index contributed by atoms with van der Waals surface area (Å²) in [7, 11) is 0. The molecule has 0 aliphatic rings. The molecule has 0 bridgehead atoms. The van der Waals surface area contributed by atoms with Gasteiger partial charge >= 0.3 is 0 Å². The minimum absolute atomic E-state index is 0.0546. The van der Waals surface area contributed by atoms with Crippen LogP contribution in [0.3, 0.4) is 0 Å². The summed E-state index contributed by atoms with van der Waals surface area (Å²) in [6.07, 6.45) is 3.09. The molecule has 0 aromatic heterocycles. The molecular weight excluding hydrogens is 336 g/mol. The molecule has 1 atom stereocenters. The Kier molecular flexibility index (Phi) is 6.81. The zero-order valence-corrected chi connectivity index (χ0v) is 14.1. The maximum absolute atomic E-state index is 12.1. The van der Waals surface area contributed by atoms with Gasteiger partial charge in [0, 0.05) is 17.7 Å². The molecule has 0 heterocycles. The number of nitro groups is 1. The summed E-state index contributed by atoms with van der Waals surface area (Å²) >= 11 is 3.11. The van der Waals surface area contributed by atoms with E-state index in [1.54, 1.807) is 6.07 Å². The molecule has 116 valence electrons. The van der Waals surface area contributed by atoms with Crippen molar-refractivity contribution in [3.63, 3.8) is 0 Å². The molecule has 0 aliphatic carbocycles. The first kappa shape index (κ1) is 17.6. The average Bonchev–Trinajstić information content (AvgIpc) is 2.38. The third kappa shape index (κ3) is 5.83. The van der Waals surface area contributed by atoms with Crippen LogP contribution in [0.4, 0.5) is 5.69 Å². The fraction of sp³-hybridized carbons (Fsp3) is 0.533. The highest BCUT2D eigenvalue weighted by Crippen LogP contribution is 2.25. The highest BCUT2D eigenvalue weighted by atomic mass is 79.9. The van der Waals surface area contributed by atoms with E-state index in [-0.39, 0.29) is 17.6 Å². The fourth-order valence-electron chi connectivity index (χ4n) is 2.01. The van der Waals surface area contributed by atoms with Gasteiger partial charge in [0.15, 0.2) is 0 Å². The molecular formula is C15H21BrN2O3. The van der Waals surface area contributed by atoms with Crippen molar-refractivity contribution in [2.45, 2.75) is 46.1 Å². The summed E-state index contributed by atoms with van der Waals surface area (Å²) in [5.41, 5.74) is 0.204. The zero-order chi connectivity index (χ0) is 16.0. The van der Waals surface area contributed by atoms with Crippen LogP contribution in [0.2, 0.25) is 0 Å². The van der Waals surface area contributed by atoms with Gasteiger partial charge in [0.1, 0.15) is 0 Å². The number of carbonyl (C=O) groups excluding carboxylic acids is 1. The van der Waals surface area contributed by atoms with E-state index in [4.69, 9.17) is 0 Å². The van der Waals surface area contributed by atoms with Crippen molar-refractivity contribution >= 4 is 27.5 Å². The third-order valence-electron chi connectivity index (χ3n) is 3.20. The van der Waals surface area contributed by atoms with Crippen molar-refractivity contribution in [1.29, 1.82) is 0 Å². The average molecular weight is 357 g/mol. The smallest absolute Gasteiger partial charge is 0.284 e. The number of nitrogens with zero attached hydrogens (tertiary/aromatic N) is 1. The number of amides is 1. The summed E-state index contributed by atoms with van der Waals surface area (Å²) in [4.78, 5) is 22.4. The minimum atomic E-state index is -0.507. The lowest BCUT2D eigenvalue weighted by Gasteiger charge is -2.14. The molecule has 5 nitrogen and oxygen atoms in total. The highest BCUT2D eigenvalue weighted by Gasteiger charge is 2.17. The first-order valence-electron chi connectivity index (χ1n) is 7.06. The molecule has 1 aromatic carbocycles. The van der Waals surface area contributed by atoms with Gasteiger partial charge in [0.25, 0.3) is 11.6 Å². The van der Waals surface area contributed by atoms with Crippen molar-refractivity contribution in [2.24, 2.45) is 5.92 Å². The molecule has 21 heavy (non-hydrogen) atoms. The summed E-state index contributed by atoms with van der Waals surface area (Å²) in [5.74, 6) is 0.379. The Bertz CT molecular complexity index is 518. The van der Waals surface area contributed by atoms with Crippen LogP contribution in [-0.2, 0) is 0 Å². The molecule has 0 radical (unpaired) electrons. The van der Waals surface area contributed by atoms with E-state index in [2.05, 4.69) is 35.1 Å². The number of rotatable bonds is 7. The second-order valence-electron chi connectivity index (χ2n) is 5.62. The van der Waals surface area contributed by atoms with Crippen LogP contribution >= 0.6 is 15.9 Å². The largest absolute Gasteiger partial charge is 0.350 e. The van der Waals surface area contributed by atoms with Crippen LogP contribution in [0, 0.1) is 16.0 Å². The van der Waals surface area contributed by atoms with E-state index < -0.39 is 4.92 Å². The zero-order valence-electron chi connectivity index (χ0n) is 12.6. The number of halogens is 1. The Balaban J connectivity index is 2.63. The van der Waals surface area contributed by atoms with Crippen LogP contribution in [0.25, 0.3) is 0 Å². The highest BCUT2D eigenvalue weighted by molar-refractivity contribution is 9.10.